The van der Waals surface area contributed by atoms with E-state index in [4.69, 9.17) is 10.5 Å². The molecule has 0 spiro atoms. The number of hydrogen-bond acceptors (Lipinski definition) is 5. The van der Waals surface area contributed by atoms with Crippen molar-refractivity contribution in [2.75, 3.05) is 10.6 Å². The van der Waals surface area contributed by atoms with Crippen LogP contribution < -0.4 is 21.1 Å². The highest BCUT2D eigenvalue weighted by atomic mass is 32.1. The van der Waals surface area contributed by atoms with Crippen molar-refractivity contribution in [3.63, 3.8) is 0 Å². The number of ether oxygens (including phenoxy) is 1. The lowest BCUT2D eigenvalue weighted by atomic mass is 10.2. The summed E-state index contributed by atoms with van der Waals surface area (Å²) in [6.07, 6.45) is 0. The Morgan fingerprint density at radius 1 is 1.08 bits per heavy atom. The van der Waals surface area contributed by atoms with Gasteiger partial charge < -0.3 is 21.1 Å². The van der Waals surface area contributed by atoms with Gasteiger partial charge in [0.05, 0.1) is 11.2 Å². The van der Waals surface area contributed by atoms with Gasteiger partial charge in [0.15, 0.2) is 0 Å². The largest absolute Gasteiger partial charge is 0.487 e. The summed E-state index contributed by atoms with van der Waals surface area (Å²) in [5, 5.41) is 7.15. The number of aromatic nitrogens is 1. The van der Waals surface area contributed by atoms with E-state index in [0.29, 0.717) is 29.3 Å². The Bertz CT molecular complexity index is 895. The van der Waals surface area contributed by atoms with Gasteiger partial charge in [-0.1, -0.05) is 6.07 Å². The van der Waals surface area contributed by atoms with E-state index in [2.05, 4.69) is 15.6 Å². The molecule has 7 nitrogen and oxygen atoms in total. The second kappa shape index (κ2) is 8.13. The number of anilines is 2. The zero-order valence-corrected chi connectivity index (χ0v) is 14.5. The van der Waals surface area contributed by atoms with Crippen LogP contribution in [0.2, 0.25) is 0 Å². The predicted octanol–water partition coefficient (Wildman–Crippen LogP) is 3.47. The third-order valence-corrected chi connectivity index (χ3v) is 4.01. The lowest BCUT2D eigenvalue weighted by molar-refractivity contribution is 0.102. The summed E-state index contributed by atoms with van der Waals surface area (Å²) in [6, 6.07) is 12.9. The number of thiazole rings is 1. The van der Waals surface area contributed by atoms with E-state index in [0.717, 1.165) is 5.69 Å². The smallest absolute Gasteiger partial charge is 0.316 e. The van der Waals surface area contributed by atoms with E-state index >= 15 is 0 Å². The predicted molar refractivity (Wildman–Crippen MR) is 100 cm³/mol. The second-order valence-electron chi connectivity index (χ2n) is 5.32. The summed E-state index contributed by atoms with van der Waals surface area (Å²) in [5.74, 6) is 0.325. The van der Waals surface area contributed by atoms with Gasteiger partial charge in [0.25, 0.3) is 5.91 Å². The Kier molecular flexibility index (Phi) is 5.45. The molecule has 1 heterocycles. The van der Waals surface area contributed by atoms with E-state index in [9.17, 15) is 9.59 Å². The fourth-order valence-corrected chi connectivity index (χ4v) is 2.72. The second-order valence-corrected chi connectivity index (χ2v) is 6.04. The maximum atomic E-state index is 12.4. The van der Waals surface area contributed by atoms with Gasteiger partial charge >= 0.3 is 6.03 Å². The summed E-state index contributed by atoms with van der Waals surface area (Å²) in [7, 11) is 0. The van der Waals surface area contributed by atoms with Gasteiger partial charge in [-0.3, -0.25) is 4.79 Å². The first kappa shape index (κ1) is 17.4. The monoisotopic (exact) mass is 368 g/mol. The zero-order chi connectivity index (χ0) is 18.4. The van der Waals surface area contributed by atoms with Crippen molar-refractivity contribution < 1.29 is 14.3 Å². The van der Waals surface area contributed by atoms with E-state index in [-0.39, 0.29) is 5.91 Å². The van der Waals surface area contributed by atoms with Crippen LogP contribution in [0, 0.1) is 0 Å². The SMILES string of the molecule is NC(=O)Nc1ccc(NC(=O)c2cccc(OCc3cscn3)c2)cc1. The number of benzene rings is 2. The van der Waals surface area contributed by atoms with Crippen LogP contribution >= 0.6 is 11.3 Å². The Morgan fingerprint density at radius 3 is 2.46 bits per heavy atom. The summed E-state index contributed by atoms with van der Waals surface area (Å²) in [6.45, 7) is 0.350. The molecule has 0 atom stereocenters. The first-order chi connectivity index (χ1) is 12.6. The minimum atomic E-state index is -0.642. The highest BCUT2D eigenvalue weighted by molar-refractivity contribution is 7.07. The molecule has 0 fully saturated rings. The summed E-state index contributed by atoms with van der Waals surface area (Å²) < 4.78 is 5.66. The Hall–Kier alpha value is -3.39. The van der Waals surface area contributed by atoms with Gasteiger partial charge in [-0.15, -0.1) is 11.3 Å². The molecule has 3 aromatic rings. The third-order valence-electron chi connectivity index (χ3n) is 3.38. The number of rotatable bonds is 6. The Labute approximate surface area is 153 Å². The lowest BCUT2D eigenvalue weighted by Crippen LogP contribution is -2.19. The maximum absolute atomic E-state index is 12.4. The van der Waals surface area contributed by atoms with Crippen LogP contribution in [0.3, 0.4) is 0 Å². The van der Waals surface area contributed by atoms with Crippen LogP contribution in [-0.2, 0) is 6.61 Å². The molecule has 0 saturated heterocycles. The maximum Gasteiger partial charge on any atom is 0.316 e. The average molecular weight is 368 g/mol. The molecule has 0 saturated carbocycles. The number of carbonyl (C=O) groups excluding carboxylic acids is 2. The first-order valence-electron chi connectivity index (χ1n) is 7.68. The fourth-order valence-electron chi connectivity index (χ4n) is 2.18. The lowest BCUT2D eigenvalue weighted by Gasteiger charge is -2.09. The minimum absolute atomic E-state index is 0.264. The molecular formula is C18H16N4O3S. The molecule has 4 N–H and O–H groups in total. The summed E-state index contributed by atoms with van der Waals surface area (Å²) >= 11 is 1.50. The number of nitrogens with one attached hydrogen (secondary N) is 2. The van der Waals surface area contributed by atoms with Crippen LogP contribution in [0.25, 0.3) is 0 Å². The van der Waals surface area contributed by atoms with Crippen LogP contribution in [0.4, 0.5) is 16.2 Å². The molecule has 3 rings (SSSR count). The standard InChI is InChI=1S/C18H16N4O3S/c19-18(24)22-14-6-4-13(5-7-14)21-17(23)12-2-1-3-16(8-12)25-9-15-10-26-11-20-15/h1-8,10-11H,9H2,(H,21,23)(H3,19,22,24). The zero-order valence-electron chi connectivity index (χ0n) is 13.6. The number of urea groups is 1. The van der Waals surface area contributed by atoms with Crippen LogP contribution in [0.5, 0.6) is 5.75 Å². The van der Waals surface area contributed by atoms with Crippen LogP contribution in [-0.4, -0.2) is 16.9 Å². The Balaban J connectivity index is 1.62. The van der Waals surface area contributed by atoms with Crippen molar-refractivity contribution >= 4 is 34.6 Å². The molecule has 2 aromatic carbocycles. The van der Waals surface area contributed by atoms with Gasteiger partial charge in [-0.2, -0.15) is 0 Å². The number of amides is 3. The van der Waals surface area contributed by atoms with E-state index in [1.54, 1.807) is 54.0 Å². The van der Waals surface area contributed by atoms with Crippen molar-refractivity contribution in [2.24, 2.45) is 5.73 Å². The molecule has 0 unspecified atom stereocenters. The molecule has 132 valence electrons. The molecule has 0 aliphatic rings. The van der Waals surface area contributed by atoms with Gasteiger partial charge in [0, 0.05) is 22.3 Å². The molecular weight excluding hydrogens is 352 g/mol. The average Bonchev–Trinajstić information content (AvgIpc) is 3.15. The van der Waals surface area contributed by atoms with Gasteiger partial charge in [0.2, 0.25) is 0 Å². The van der Waals surface area contributed by atoms with E-state index < -0.39 is 6.03 Å². The number of nitrogens with zero attached hydrogens (tertiary/aromatic N) is 1. The van der Waals surface area contributed by atoms with Gasteiger partial charge in [-0.25, -0.2) is 9.78 Å². The topological polar surface area (TPSA) is 106 Å². The number of nitrogens with two attached hydrogens (primary N) is 1. The molecule has 0 aliphatic carbocycles. The fraction of sp³-hybridized carbons (Fsp3) is 0.0556. The van der Waals surface area contributed by atoms with Crippen molar-refractivity contribution in [2.45, 2.75) is 6.61 Å². The van der Waals surface area contributed by atoms with Crippen LogP contribution in [0.15, 0.2) is 59.4 Å². The minimum Gasteiger partial charge on any atom is -0.487 e. The number of carbonyl (C=O) groups is 2. The molecule has 1 aromatic heterocycles. The molecule has 0 radical (unpaired) electrons. The first-order valence-corrected chi connectivity index (χ1v) is 8.62. The van der Waals surface area contributed by atoms with Crippen molar-refractivity contribution in [3.05, 3.63) is 70.7 Å². The highest BCUT2D eigenvalue weighted by Gasteiger charge is 2.08. The number of hydrogen-bond donors (Lipinski definition) is 3. The molecule has 26 heavy (non-hydrogen) atoms. The van der Waals surface area contributed by atoms with Crippen molar-refractivity contribution in [3.8, 4) is 5.75 Å². The molecule has 0 aliphatic heterocycles. The molecule has 8 heteroatoms. The molecule has 3 amide bonds. The third kappa shape index (κ3) is 4.81. The van der Waals surface area contributed by atoms with Crippen molar-refractivity contribution in [1.82, 2.24) is 4.98 Å². The van der Waals surface area contributed by atoms with E-state index in [1.807, 2.05) is 5.38 Å². The Morgan fingerprint density at radius 2 is 1.81 bits per heavy atom. The summed E-state index contributed by atoms with van der Waals surface area (Å²) in [4.78, 5) is 27.3. The molecule has 0 bridgehead atoms. The highest BCUT2D eigenvalue weighted by Crippen LogP contribution is 2.18. The number of primary amides is 1. The van der Waals surface area contributed by atoms with Crippen LogP contribution in [0.1, 0.15) is 16.1 Å². The van der Waals surface area contributed by atoms with E-state index in [1.165, 1.54) is 11.3 Å². The summed E-state index contributed by atoms with van der Waals surface area (Å²) in [5.41, 5.74) is 9.26. The van der Waals surface area contributed by atoms with Gasteiger partial charge in [-0.05, 0) is 42.5 Å². The van der Waals surface area contributed by atoms with Gasteiger partial charge in [0.1, 0.15) is 12.4 Å². The van der Waals surface area contributed by atoms with Crippen molar-refractivity contribution in [1.29, 1.82) is 0 Å². The quantitative estimate of drug-likeness (QED) is 0.619. The normalized spacial score (nSPS) is 10.2.